The number of nitrogens with one attached hydrogen (secondary N) is 1. The summed E-state index contributed by atoms with van der Waals surface area (Å²) in [6, 6.07) is 27.9. The third-order valence-electron chi connectivity index (χ3n) is 7.71. The summed E-state index contributed by atoms with van der Waals surface area (Å²) in [7, 11) is 0. The summed E-state index contributed by atoms with van der Waals surface area (Å²) in [5.74, 6) is -0.817. The van der Waals surface area contributed by atoms with Gasteiger partial charge >= 0.3 is 0 Å². The Hall–Kier alpha value is -4.55. The number of hydrogen-bond donors (Lipinski definition) is 1. The van der Waals surface area contributed by atoms with Crippen molar-refractivity contribution in [1.29, 1.82) is 0 Å². The minimum atomic E-state index is -0.742. The van der Waals surface area contributed by atoms with Gasteiger partial charge in [-0.05, 0) is 52.9 Å². The van der Waals surface area contributed by atoms with E-state index in [0.29, 0.717) is 38.5 Å². The van der Waals surface area contributed by atoms with E-state index in [9.17, 15) is 9.59 Å². The number of halogens is 2. The van der Waals surface area contributed by atoms with Crippen LogP contribution in [-0.4, -0.2) is 21.6 Å². The van der Waals surface area contributed by atoms with E-state index in [1.165, 1.54) is 11.1 Å². The zero-order chi connectivity index (χ0) is 29.6. The average molecular weight is 578 g/mol. The molecular weight excluding hydrogens is 549 g/mol. The van der Waals surface area contributed by atoms with Crippen LogP contribution < -0.4 is 5.56 Å². The number of rotatable bonds is 4. The normalized spacial score (nSPS) is 15.2. The van der Waals surface area contributed by atoms with Crippen LogP contribution >= 0.6 is 11.6 Å². The Labute approximate surface area is 248 Å². The highest BCUT2D eigenvalue weighted by atomic mass is 35.5. The number of carbonyl (C=O) groups excluding carboxylic acids is 1. The van der Waals surface area contributed by atoms with Gasteiger partial charge in [0.15, 0.2) is 0 Å². The Morgan fingerprint density at radius 1 is 0.929 bits per heavy atom. The van der Waals surface area contributed by atoms with Gasteiger partial charge in [0.25, 0.3) is 11.5 Å². The smallest absolute Gasteiger partial charge is 0.274 e. The molecule has 2 heterocycles. The first-order chi connectivity index (χ1) is 20.1. The van der Waals surface area contributed by atoms with E-state index in [4.69, 9.17) is 16.7 Å². The van der Waals surface area contributed by atoms with Crippen LogP contribution in [0.4, 0.5) is 4.39 Å². The van der Waals surface area contributed by atoms with E-state index in [0.717, 1.165) is 16.5 Å². The molecule has 1 N–H and O–H groups in total. The van der Waals surface area contributed by atoms with Crippen LogP contribution in [0.3, 0.4) is 0 Å². The monoisotopic (exact) mass is 577 g/mol. The standard InChI is InChI=1S/C35H29ClFN3O2/c1-35(2,3)23-15-13-22(14-16-23)34(42)40-30(25-11-7-8-12-27(25)37)20-29(39-40)32-31(21-9-5-4-6-10-21)26-19-24(36)17-18-28(26)38-33(32)41/h4-19,30H,20H2,1-3H3,(H,38,41)/t30-/m1/s1. The summed E-state index contributed by atoms with van der Waals surface area (Å²) in [5, 5.41) is 7.34. The highest BCUT2D eigenvalue weighted by Gasteiger charge is 2.37. The maximum atomic E-state index is 15.2. The first-order valence-corrected chi connectivity index (χ1v) is 14.2. The summed E-state index contributed by atoms with van der Waals surface area (Å²) < 4.78 is 15.2. The number of amides is 1. The van der Waals surface area contributed by atoms with E-state index >= 15 is 4.39 Å². The van der Waals surface area contributed by atoms with Crippen molar-refractivity contribution in [3.05, 3.63) is 141 Å². The number of hydrogen-bond acceptors (Lipinski definition) is 3. The summed E-state index contributed by atoms with van der Waals surface area (Å²) in [5.41, 5.74) is 4.23. The van der Waals surface area contributed by atoms with Gasteiger partial charge in [-0.25, -0.2) is 9.40 Å². The van der Waals surface area contributed by atoms with Gasteiger partial charge in [-0.3, -0.25) is 9.59 Å². The fraction of sp³-hybridized carbons (Fsp3) is 0.171. The fourth-order valence-electron chi connectivity index (χ4n) is 5.53. The van der Waals surface area contributed by atoms with Gasteiger partial charge in [-0.1, -0.05) is 93.0 Å². The molecule has 1 aliphatic rings. The molecule has 0 bridgehead atoms. The Kier molecular flexibility index (Phi) is 7.03. The van der Waals surface area contributed by atoms with Crippen LogP contribution in [0.2, 0.25) is 5.02 Å². The van der Waals surface area contributed by atoms with E-state index in [1.807, 2.05) is 48.5 Å². The summed E-state index contributed by atoms with van der Waals surface area (Å²) in [4.78, 5) is 30.7. The lowest BCUT2D eigenvalue weighted by atomic mass is 9.86. The van der Waals surface area contributed by atoms with E-state index in [2.05, 4.69) is 25.8 Å². The fourth-order valence-corrected chi connectivity index (χ4v) is 5.70. The molecule has 1 aliphatic heterocycles. The Morgan fingerprint density at radius 3 is 2.31 bits per heavy atom. The summed E-state index contributed by atoms with van der Waals surface area (Å²) in [6.07, 6.45) is 0.154. The molecule has 5 nitrogen and oxygen atoms in total. The minimum absolute atomic E-state index is 0.0793. The quantitative estimate of drug-likeness (QED) is 0.233. The van der Waals surface area contributed by atoms with Crippen molar-refractivity contribution in [3.63, 3.8) is 0 Å². The van der Waals surface area contributed by atoms with Gasteiger partial charge < -0.3 is 4.98 Å². The van der Waals surface area contributed by atoms with Crippen molar-refractivity contribution < 1.29 is 9.18 Å². The molecule has 1 aromatic heterocycles. The lowest BCUT2D eigenvalue weighted by Gasteiger charge is -2.23. The molecule has 1 atom stereocenters. The number of pyridine rings is 1. The zero-order valence-corrected chi connectivity index (χ0v) is 24.2. The molecule has 0 saturated carbocycles. The van der Waals surface area contributed by atoms with Crippen LogP contribution in [0.5, 0.6) is 0 Å². The van der Waals surface area contributed by atoms with Crippen molar-refractivity contribution in [2.45, 2.75) is 38.6 Å². The topological polar surface area (TPSA) is 65.5 Å². The van der Waals surface area contributed by atoms with Gasteiger partial charge in [0, 0.05) is 39.0 Å². The predicted octanol–water partition coefficient (Wildman–Crippen LogP) is 8.28. The zero-order valence-electron chi connectivity index (χ0n) is 23.5. The Morgan fingerprint density at radius 2 is 1.62 bits per heavy atom. The lowest BCUT2D eigenvalue weighted by Crippen LogP contribution is -2.27. The van der Waals surface area contributed by atoms with Gasteiger partial charge in [0.05, 0.1) is 17.3 Å². The molecule has 7 heteroatoms. The summed E-state index contributed by atoms with van der Waals surface area (Å²) in [6.45, 7) is 6.31. The second-order valence-electron chi connectivity index (χ2n) is 11.5. The van der Waals surface area contributed by atoms with Crippen molar-refractivity contribution >= 4 is 34.1 Å². The van der Waals surface area contributed by atoms with E-state index < -0.39 is 11.9 Å². The number of benzene rings is 4. The van der Waals surface area contributed by atoms with Gasteiger partial charge in [0.1, 0.15) is 5.82 Å². The molecule has 0 saturated heterocycles. The molecule has 0 radical (unpaired) electrons. The molecule has 6 rings (SSSR count). The Balaban J connectivity index is 1.54. The SMILES string of the molecule is CC(C)(C)c1ccc(C(=O)N2N=C(c3c(-c4ccccc4)c4cc(Cl)ccc4[nH]c3=O)C[C@@H]2c2ccccc2F)cc1. The second kappa shape index (κ2) is 10.7. The molecule has 1 amide bonds. The maximum absolute atomic E-state index is 15.2. The van der Waals surface area contributed by atoms with Crippen molar-refractivity contribution in [3.8, 4) is 11.1 Å². The highest BCUT2D eigenvalue weighted by molar-refractivity contribution is 6.31. The molecule has 0 spiro atoms. The van der Waals surface area contributed by atoms with Gasteiger partial charge in [0.2, 0.25) is 0 Å². The lowest BCUT2D eigenvalue weighted by molar-refractivity contribution is 0.0708. The molecule has 210 valence electrons. The Bertz CT molecular complexity index is 1910. The first kappa shape index (κ1) is 27.6. The molecular formula is C35H29ClFN3O2. The number of H-pyrrole nitrogens is 1. The van der Waals surface area contributed by atoms with Crippen LogP contribution in [0.25, 0.3) is 22.0 Å². The number of aromatic nitrogens is 1. The molecule has 0 unspecified atom stereocenters. The van der Waals surface area contributed by atoms with Crippen molar-refractivity contribution in [2.24, 2.45) is 5.10 Å². The first-order valence-electron chi connectivity index (χ1n) is 13.8. The van der Waals surface area contributed by atoms with Gasteiger partial charge in [-0.2, -0.15) is 5.10 Å². The second-order valence-corrected chi connectivity index (χ2v) is 12.0. The van der Waals surface area contributed by atoms with Crippen LogP contribution in [0, 0.1) is 5.82 Å². The highest BCUT2D eigenvalue weighted by Crippen LogP contribution is 2.39. The number of carbonyl (C=O) groups is 1. The third kappa shape index (κ3) is 5.03. The van der Waals surface area contributed by atoms with Crippen molar-refractivity contribution in [1.82, 2.24) is 9.99 Å². The number of fused-ring (bicyclic) bond motifs is 1. The van der Waals surface area contributed by atoms with Crippen molar-refractivity contribution in [2.75, 3.05) is 0 Å². The molecule has 4 aromatic carbocycles. The largest absolute Gasteiger partial charge is 0.321 e. The molecule has 42 heavy (non-hydrogen) atoms. The van der Waals surface area contributed by atoms with Crippen LogP contribution in [0.1, 0.15) is 60.3 Å². The molecule has 0 fully saturated rings. The maximum Gasteiger partial charge on any atom is 0.274 e. The summed E-state index contributed by atoms with van der Waals surface area (Å²) >= 11 is 6.41. The van der Waals surface area contributed by atoms with Crippen LogP contribution in [0.15, 0.2) is 107 Å². The number of nitrogens with zero attached hydrogens (tertiary/aromatic N) is 2. The average Bonchev–Trinajstić information content (AvgIpc) is 3.41. The van der Waals surface area contributed by atoms with Crippen LogP contribution in [-0.2, 0) is 5.41 Å². The molecule has 5 aromatic rings. The third-order valence-corrected chi connectivity index (χ3v) is 7.94. The number of aromatic amines is 1. The van der Waals surface area contributed by atoms with E-state index in [-0.39, 0.29) is 23.3 Å². The number of hydrazone groups is 1. The molecule has 0 aliphatic carbocycles. The van der Waals surface area contributed by atoms with E-state index in [1.54, 1.807) is 42.5 Å². The predicted molar refractivity (Wildman–Crippen MR) is 167 cm³/mol. The minimum Gasteiger partial charge on any atom is -0.321 e. The van der Waals surface area contributed by atoms with Gasteiger partial charge in [-0.15, -0.1) is 0 Å².